The van der Waals surface area contributed by atoms with E-state index in [2.05, 4.69) is 9.47 Å². The van der Waals surface area contributed by atoms with E-state index in [1.807, 2.05) is 0 Å². The number of halogens is 1. The highest BCUT2D eigenvalue weighted by Crippen LogP contribution is 2.12. The van der Waals surface area contributed by atoms with Crippen LogP contribution in [0.25, 0.3) is 0 Å². The molecule has 0 aliphatic rings. The van der Waals surface area contributed by atoms with E-state index in [4.69, 9.17) is 0 Å². The molecule has 0 heterocycles. The number of hydrogen-bond donors (Lipinski definition) is 0. The molecular weight excluding hydrogens is 281 g/mol. The molecule has 0 atom stereocenters. The number of ether oxygens (including phenoxy) is 2. The van der Waals surface area contributed by atoms with E-state index >= 15 is 0 Å². The molecule has 0 unspecified atom stereocenters. The van der Waals surface area contributed by atoms with E-state index < -0.39 is 36.8 Å². The highest BCUT2D eigenvalue weighted by molar-refractivity contribution is 5.97. The van der Waals surface area contributed by atoms with Gasteiger partial charge >= 0.3 is 11.9 Å². The Bertz CT molecular complexity index is 540. The van der Waals surface area contributed by atoms with Crippen LogP contribution in [0.15, 0.2) is 18.2 Å². The summed E-state index contributed by atoms with van der Waals surface area (Å²) in [5.41, 5.74) is 0.421. The lowest BCUT2D eigenvalue weighted by molar-refractivity contribution is -0.144. The SMILES string of the molecule is COC(=O)CN(CC(=O)OC)C(=O)c1ccc(C)c(F)c1. The van der Waals surface area contributed by atoms with E-state index in [-0.39, 0.29) is 5.56 Å². The van der Waals surface area contributed by atoms with Crippen molar-refractivity contribution in [2.24, 2.45) is 0 Å². The molecule has 1 aromatic rings. The Morgan fingerprint density at radius 1 is 1.10 bits per heavy atom. The fourth-order valence-electron chi connectivity index (χ4n) is 1.55. The summed E-state index contributed by atoms with van der Waals surface area (Å²) < 4.78 is 22.4. The molecule has 0 aromatic heterocycles. The summed E-state index contributed by atoms with van der Waals surface area (Å²) in [6.07, 6.45) is 0. The van der Waals surface area contributed by atoms with E-state index in [9.17, 15) is 18.8 Å². The molecule has 0 spiro atoms. The van der Waals surface area contributed by atoms with Gasteiger partial charge in [0.1, 0.15) is 18.9 Å². The molecule has 0 bridgehead atoms. The van der Waals surface area contributed by atoms with Crippen molar-refractivity contribution in [1.29, 1.82) is 0 Å². The van der Waals surface area contributed by atoms with E-state index in [0.717, 1.165) is 25.2 Å². The van der Waals surface area contributed by atoms with Gasteiger partial charge in [-0.15, -0.1) is 0 Å². The summed E-state index contributed by atoms with van der Waals surface area (Å²) in [6.45, 7) is 0.699. The van der Waals surface area contributed by atoms with E-state index in [1.165, 1.54) is 12.1 Å². The molecule has 114 valence electrons. The van der Waals surface area contributed by atoms with Crippen molar-refractivity contribution >= 4 is 17.8 Å². The van der Waals surface area contributed by atoms with Crippen molar-refractivity contribution in [3.63, 3.8) is 0 Å². The summed E-state index contributed by atoms with van der Waals surface area (Å²) in [5, 5.41) is 0. The van der Waals surface area contributed by atoms with Crippen LogP contribution in [0.4, 0.5) is 4.39 Å². The summed E-state index contributed by atoms with van der Waals surface area (Å²) in [5.74, 6) is -2.60. The maximum absolute atomic E-state index is 13.5. The van der Waals surface area contributed by atoms with Crippen LogP contribution in [0.2, 0.25) is 0 Å². The average Bonchev–Trinajstić information content (AvgIpc) is 2.48. The second-order valence-electron chi connectivity index (χ2n) is 4.28. The predicted octanol–water partition coefficient (Wildman–Crippen LogP) is 0.922. The van der Waals surface area contributed by atoms with Crippen LogP contribution in [0.5, 0.6) is 0 Å². The zero-order valence-electron chi connectivity index (χ0n) is 12.0. The minimum atomic E-state index is -0.695. The molecular formula is C14H16FNO5. The van der Waals surface area contributed by atoms with E-state index in [1.54, 1.807) is 6.92 Å². The van der Waals surface area contributed by atoms with Crippen LogP contribution in [-0.4, -0.2) is 50.1 Å². The maximum atomic E-state index is 13.5. The van der Waals surface area contributed by atoms with Crippen molar-refractivity contribution < 1.29 is 28.2 Å². The topological polar surface area (TPSA) is 72.9 Å². The zero-order chi connectivity index (χ0) is 16.0. The quantitative estimate of drug-likeness (QED) is 0.756. The highest BCUT2D eigenvalue weighted by Gasteiger charge is 2.22. The number of carbonyl (C=O) groups excluding carboxylic acids is 3. The van der Waals surface area contributed by atoms with Crippen LogP contribution in [0.3, 0.4) is 0 Å². The number of esters is 2. The molecule has 1 aromatic carbocycles. The van der Waals surface area contributed by atoms with Gasteiger partial charge in [-0.1, -0.05) is 6.07 Å². The van der Waals surface area contributed by atoms with Crippen molar-refractivity contribution in [3.05, 3.63) is 35.1 Å². The molecule has 0 aliphatic heterocycles. The maximum Gasteiger partial charge on any atom is 0.325 e. The van der Waals surface area contributed by atoms with Crippen LogP contribution >= 0.6 is 0 Å². The number of nitrogens with zero attached hydrogens (tertiary/aromatic N) is 1. The molecule has 7 heteroatoms. The van der Waals surface area contributed by atoms with Gasteiger partial charge in [0.15, 0.2) is 0 Å². The van der Waals surface area contributed by atoms with Gasteiger partial charge in [0.25, 0.3) is 5.91 Å². The largest absolute Gasteiger partial charge is 0.468 e. The first-order valence-corrected chi connectivity index (χ1v) is 6.08. The van der Waals surface area contributed by atoms with Crippen LogP contribution in [-0.2, 0) is 19.1 Å². The fraction of sp³-hybridized carbons (Fsp3) is 0.357. The van der Waals surface area contributed by atoms with Crippen LogP contribution in [0.1, 0.15) is 15.9 Å². The predicted molar refractivity (Wildman–Crippen MR) is 71.1 cm³/mol. The van der Waals surface area contributed by atoms with Gasteiger partial charge in [0, 0.05) is 5.56 Å². The first-order valence-electron chi connectivity index (χ1n) is 6.08. The first kappa shape index (κ1) is 16.6. The minimum absolute atomic E-state index is 0.0332. The molecule has 0 saturated carbocycles. The second kappa shape index (κ2) is 7.37. The standard InChI is InChI=1S/C14H16FNO5/c1-9-4-5-10(6-11(9)15)14(19)16(7-12(17)20-2)8-13(18)21-3/h4-6H,7-8H2,1-3H3. The zero-order valence-corrected chi connectivity index (χ0v) is 12.0. The molecule has 0 aliphatic carbocycles. The van der Waals surface area contributed by atoms with Crippen molar-refractivity contribution in [3.8, 4) is 0 Å². The highest BCUT2D eigenvalue weighted by atomic mass is 19.1. The smallest absolute Gasteiger partial charge is 0.325 e. The lowest BCUT2D eigenvalue weighted by atomic mass is 10.1. The third-order valence-electron chi connectivity index (χ3n) is 2.80. The molecule has 0 radical (unpaired) electrons. The molecule has 6 nitrogen and oxygen atoms in total. The number of methoxy groups -OCH3 is 2. The Kier molecular flexibility index (Phi) is 5.83. The molecule has 1 amide bonds. The van der Waals surface area contributed by atoms with Gasteiger partial charge in [0.05, 0.1) is 14.2 Å². The van der Waals surface area contributed by atoms with Crippen LogP contribution in [0, 0.1) is 12.7 Å². The lowest BCUT2D eigenvalue weighted by Crippen LogP contribution is -2.40. The lowest BCUT2D eigenvalue weighted by Gasteiger charge is -2.20. The summed E-state index contributed by atoms with van der Waals surface area (Å²) >= 11 is 0. The number of hydrogen-bond acceptors (Lipinski definition) is 5. The second-order valence-corrected chi connectivity index (χ2v) is 4.28. The number of aryl methyl sites for hydroxylation is 1. The molecule has 1 rings (SSSR count). The molecule has 21 heavy (non-hydrogen) atoms. The third kappa shape index (κ3) is 4.55. The van der Waals surface area contributed by atoms with Crippen molar-refractivity contribution in [1.82, 2.24) is 4.90 Å². The number of carbonyl (C=O) groups is 3. The Morgan fingerprint density at radius 3 is 2.05 bits per heavy atom. The molecule has 0 saturated heterocycles. The van der Waals surface area contributed by atoms with Gasteiger partial charge in [0.2, 0.25) is 0 Å². The number of benzene rings is 1. The normalized spacial score (nSPS) is 9.90. The average molecular weight is 297 g/mol. The molecule has 0 N–H and O–H groups in total. The van der Waals surface area contributed by atoms with Crippen molar-refractivity contribution in [2.75, 3.05) is 27.3 Å². The third-order valence-corrected chi connectivity index (χ3v) is 2.80. The van der Waals surface area contributed by atoms with Gasteiger partial charge in [-0.05, 0) is 24.6 Å². The van der Waals surface area contributed by atoms with Gasteiger partial charge in [-0.25, -0.2) is 4.39 Å². The van der Waals surface area contributed by atoms with Crippen molar-refractivity contribution in [2.45, 2.75) is 6.92 Å². The Balaban J connectivity index is 2.99. The van der Waals surface area contributed by atoms with Gasteiger partial charge in [-0.3, -0.25) is 14.4 Å². The van der Waals surface area contributed by atoms with Gasteiger partial charge < -0.3 is 14.4 Å². The Hall–Kier alpha value is -2.44. The van der Waals surface area contributed by atoms with Gasteiger partial charge in [-0.2, -0.15) is 0 Å². The number of amides is 1. The Morgan fingerprint density at radius 2 is 1.62 bits per heavy atom. The molecule has 0 fully saturated rings. The Labute approximate surface area is 121 Å². The summed E-state index contributed by atoms with van der Waals surface area (Å²) in [7, 11) is 2.32. The van der Waals surface area contributed by atoms with Crippen LogP contribution < -0.4 is 0 Å². The summed E-state index contributed by atoms with van der Waals surface area (Å²) in [6, 6.07) is 3.92. The summed E-state index contributed by atoms with van der Waals surface area (Å²) in [4.78, 5) is 35.8. The minimum Gasteiger partial charge on any atom is -0.468 e. The monoisotopic (exact) mass is 297 g/mol. The van der Waals surface area contributed by atoms with E-state index in [0.29, 0.717) is 5.56 Å². The first-order chi connectivity index (χ1) is 9.88. The fourth-order valence-corrected chi connectivity index (χ4v) is 1.55. The number of rotatable bonds is 5.